The van der Waals surface area contributed by atoms with E-state index in [9.17, 15) is 9.59 Å². The molecule has 0 unspecified atom stereocenters. The topological polar surface area (TPSA) is 58.6 Å². The number of nitrogens with zero attached hydrogens (tertiary/aromatic N) is 1. The van der Waals surface area contributed by atoms with E-state index in [-0.39, 0.29) is 18.2 Å². The minimum absolute atomic E-state index is 0.153. The number of carbonyl (C=O) groups is 2. The predicted octanol–water partition coefficient (Wildman–Crippen LogP) is 2.44. The number of rotatable bonds is 4. The van der Waals surface area contributed by atoms with Crippen molar-refractivity contribution in [2.75, 3.05) is 17.3 Å². The molecule has 0 aromatic heterocycles. The quantitative estimate of drug-likeness (QED) is 0.880. The van der Waals surface area contributed by atoms with Crippen LogP contribution in [0.5, 0.6) is 5.75 Å². The van der Waals surface area contributed by atoms with Gasteiger partial charge in [0.25, 0.3) is 5.91 Å². The Bertz CT molecular complexity index is 683. The number of anilines is 2. The summed E-state index contributed by atoms with van der Waals surface area (Å²) >= 11 is 0. The van der Waals surface area contributed by atoms with Crippen LogP contribution in [0.3, 0.4) is 0 Å². The number of hydrogen-bond acceptors (Lipinski definition) is 4. The number of para-hydroxylation sites is 1. The Morgan fingerprint density at radius 1 is 1.05 bits per heavy atom. The van der Waals surface area contributed by atoms with Gasteiger partial charge in [0.2, 0.25) is 5.91 Å². The smallest absolute Gasteiger partial charge is 0.256 e. The van der Waals surface area contributed by atoms with Gasteiger partial charge in [-0.15, -0.1) is 0 Å². The number of nitrogens with one attached hydrogen (secondary N) is 1. The SMILES string of the molecule is COc1ccc(N2C(=O)C[C@@H](Nc3ccccc3)C2=O)cc1. The molecule has 0 radical (unpaired) electrons. The van der Waals surface area contributed by atoms with Crippen LogP contribution in [0.4, 0.5) is 11.4 Å². The molecule has 2 amide bonds. The minimum atomic E-state index is -0.531. The van der Waals surface area contributed by atoms with Gasteiger partial charge in [0.05, 0.1) is 19.2 Å². The Morgan fingerprint density at radius 3 is 2.36 bits per heavy atom. The van der Waals surface area contributed by atoms with E-state index in [2.05, 4.69) is 5.32 Å². The normalized spacial score (nSPS) is 17.7. The van der Waals surface area contributed by atoms with Crippen molar-refractivity contribution in [2.24, 2.45) is 0 Å². The average Bonchev–Trinajstić information content (AvgIpc) is 2.82. The predicted molar refractivity (Wildman–Crippen MR) is 84.0 cm³/mol. The van der Waals surface area contributed by atoms with Crippen LogP contribution in [0, 0.1) is 0 Å². The second-order valence-electron chi connectivity index (χ2n) is 5.03. The molecule has 1 atom stereocenters. The molecule has 2 aromatic rings. The summed E-state index contributed by atoms with van der Waals surface area (Å²) < 4.78 is 5.08. The number of amides is 2. The van der Waals surface area contributed by atoms with Crippen molar-refractivity contribution in [3.8, 4) is 5.75 Å². The first-order chi connectivity index (χ1) is 10.7. The lowest BCUT2D eigenvalue weighted by molar-refractivity contribution is -0.121. The van der Waals surface area contributed by atoms with E-state index < -0.39 is 6.04 Å². The molecule has 1 aliphatic heterocycles. The van der Waals surface area contributed by atoms with Gasteiger partial charge in [0, 0.05) is 5.69 Å². The summed E-state index contributed by atoms with van der Waals surface area (Å²) in [6.45, 7) is 0. The Labute approximate surface area is 128 Å². The summed E-state index contributed by atoms with van der Waals surface area (Å²) in [7, 11) is 1.57. The Morgan fingerprint density at radius 2 is 1.73 bits per heavy atom. The average molecular weight is 296 g/mol. The zero-order valence-electron chi connectivity index (χ0n) is 12.2. The zero-order chi connectivity index (χ0) is 15.5. The molecule has 1 fully saturated rings. The van der Waals surface area contributed by atoms with Crippen molar-refractivity contribution in [1.82, 2.24) is 0 Å². The highest BCUT2D eigenvalue weighted by molar-refractivity contribution is 6.23. The first-order valence-corrected chi connectivity index (χ1v) is 7.01. The molecular weight excluding hydrogens is 280 g/mol. The van der Waals surface area contributed by atoms with Gasteiger partial charge < -0.3 is 10.1 Å². The van der Waals surface area contributed by atoms with Crippen LogP contribution in [0.15, 0.2) is 54.6 Å². The number of methoxy groups -OCH3 is 1. The van der Waals surface area contributed by atoms with E-state index in [1.807, 2.05) is 30.3 Å². The third kappa shape index (κ3) is 2.65. The summed E-state index contributed by atoms with van der Waals surface area (Å²) in [4.78, 5) is 25.9. The van der Waals surface area contributed by atoms with Crippen LogP contribution >= 0.6 is 0 Å². The second kappa shape index (κ2) is 5.89. The van der Waals surface area contributed by atoms with E-state index in [0.29, 0.717) is 11.4 Å². The highest BCUT2D eigenvalue weighted by Crippen LogP contribution is 2.26. The molecule has 3 rings (SSSR count). The van der Waals surface area contributed by atoms with Gasteiger partial charge in [0.1, 0.15) is 11.8 Å². The fourth-order valence-electron chi connectivity index (χ4n) is 2.48. The fourth-order valence-corrected chi connectivity index (χ4v) is 2.48. The van der Waals surface area contributed by atoms with Crippen molar-refractivity contribution in [3.63, 3.8) is 0 Å². The van der Waals surface area contributed by atoms with Gasteiger partial charge in [-0.05, 0) is 36.4 Å². The first kappa shape index (κ1) is 14.1. The molecule has 112 valence electrons. The van der Waals surface area contributed by atoms with Gasteiger partial charge in [-0.2, -0.15) is 0 Å². The van der Waals surface area contributed by atoms with E-state index in [0.717, 1.165) is 5.69 Å². The Kier molecular flexibility index (Phi) is 3.78. The van der Waals surface area contributed by atoms with E-state index in [1.165, 1.54) is 4.90 Å². The molecule has 1 saturated heterocycles. The van der Waals surface area contributed by atoms with Crippen molar-refractivity contribution in [3.05, 3.63) is 54.6 Å². The first-order valence-electron chi connectivity index (χ1n) is 7.01. The standard InChI is InChI=1S/C17H16N2O3/c1-22-14-9-7-13(8-10-14)19-16(20)11-15(17(19)21)18-12-5-3-2-4-6-12/h2-10,15,18H,11H2,1H3/t15-/m1/s1. The van der Waals surface area contributed by atoms with Crippen molar-refractivity contribution in [1.29, 1.82) is 0 Å². The van der Waals surface area contributed by atoms with Crippen molar-refractivity contribution < 1.29 is 14.3 Å². The van der Waals surface area contributed by atoms with E-state index in [1.54, 1.807) is 31.4 Å². The van der Waals surface area contributed by atoms with Gasteiger partial charge >= 0.3 is 0 Å². The number of hydrogen-bond donors (Lipinski definition) is 1. The maximum Gasteiger partial charge on any atom is 0.256 e. The maximum absolute atomic E-state index is 12.5. The largest absolute Gasteiger partial charge is 0.497 e. The van der Waals surface area contributed by atoms with Crippen LogP contribution < -0.4 is 15.0 Å². The molecule has 5 heteroatoms. The van der Waals surface area contributed by atoms with Crippen LogP contribution in [-0.4, -0.2) is 25.0 Å². The molecule has 5 nitrogen and oxygen atoms in total. The van der Waals surface area contributed by atoms with Crippen LogP contribution in [0.25, 0.3) is 0 Å². The summed E-state index contributed by atoms with van der Waals surface area (Å²) in [5.41, 5.74) is 1.39. The lowest BCUT2D eigenvalue weighted by Gasteiger charge is -2.16. The van der Waals surface area contributed by atoms with Gasteiger partial charge in [-0.1, -0.05) is 18.2 Å². The number of imide groups is 1. The number of benzene rings is 2. The molecule has 22 heavy (non-hydrogen) atoms. The van der Waals surface area contributed by atoms with Gasteiger partial charge in [-0.3, -0.25) is 9.59 Å². The number of ether oxygens (including phenoxy) is 1. The van der Waals surface area contributed by atoms with E-state index >= 15 is 0 Å². The summed E-state index contributed by atoms with van der Waals surface area (Å²) in [6, 6.07) is 15.7. The minimum Gasteiger partial charge on any atom is -0.497 e. The summed E-state index contributed by atoms with van der Waals surface area (Å²) in [6.07, 6.45) is 0.153. The van der Waals surface area contributed by atoms with Crippen LogP contribution in [-0.2, 0) is 9.59 Å². The lowest BCUT2D eigenvalue weighted by atomic mass is 10.2. The maximum atomic E-state index is 12.5. The van der Waals surface area contributed by atoms with Crippen molar-refractivity contribution in [2.45, 2.75) is 12.5 Å². The summed E-state index contributed by atoms with van der Waals surface area (Å²) in [5.74, 6) is 0.240. The molecule has 1 N–H and O–H groups in total. The van der Waals surface area contributed by atoms with Gasteiger partial charge in [-0.25, -0.2) is 4.90 Å². The molecular formula is C17H16N2O3. The Hall–Kier alpha value is -2.82. The highest BCUT2D eigenvalue weighted by atomic mass is 16.5. The lowest BCUT2D eigenvalue weighted by Crippen LogP contribution is -2.34. The molecule has 0 aliphatic carbocycles. The highest BCUT2D eigenvalue weighted by Gasteiger charge is 2.39. The zero-order valence-corrected chi connectivity index (χ0v) is 12.2. The Balaban J connectivity index is 1.79. The fraction of sp³-hybridized carbons (Fsp3) is 0.176. The molecule has 0 bridgehead atoms. The third-order valence-electron chi connectivity index (χ3n) is 3.59. The second-order valence-corrected chi connectivity index (χ2v) is 5.03. The van der Waals surface area contributed by atoms with E-state index in [4.69, 9.17) is 4.74 Å². The summed E-state index contributed by atoms with van der Waals surface area (Å²) in [5, 5.41) is 3.11. The number of carbonyl (C=O) groups excluding carboxylic acids is 2. The third-order valence-corrected chi connectivity index (χ3v) is 3.59. The van der Waals surface area contributed by atoms with Crippen LogP contribution in [0.1, 0.15) is 6.42 Å². The molecule has 0 saturated carbocycles. The molecule has 1 heterocycles. The molecule has 1 aliphatic rings. The van der Waals surface area contributed by atoms with Crippen LogP contribution in [0.2, 0.25) is 0 Å². The van der Waals surface area contributed by atoms with Crippen molar-refractivity contribution >= 4 is 23.2 Å². The monoisotopic (exact) mass is 296 g/mol. The molecule has 0 spiro atoms. The van der Waals surface area contributed by atoms with Gasteiger partial charge in [0.15, 0.2) is 0 Å². The molecule has 2 aromatic carbocycles.